The monoisotopic (exact) mass is 263 g/mol. The Morgan fingerprint density at radius 1 is 1.47 bits per heavy atom. The summed E-state index contributed by atoms with van der Waals surface area (Å²) >= 11 is 0. The molecule has 4 N–H and O–H groups in total. The summed E-state index contributed by atoms with van der Waals surface area (Å²) in [6.07, 6.45) is 0.819. The number of nitrogens with one attached hydrogen (secondary N) is 1. The summed E-state index contributed by atoms with van der Waals surface area (Å²) in [7, 11) is 0. The van der Waals surface area contributed by atoms with E-state index >= 15 is 0 Å². The van der Waals surface area contributed by atoms with E-state index in [9.17, 15) is 0 Å². The lowest BCUT2D eigenvalue weighted by Gasteiger charge is -2.24. The van der Waals surface area contributed by atoms with Crippen molar-refractivity contribution in [3.8, 4) is 0 Å². The first-order valence-electron chi connectivity index (χ1n) is 6.65. The summed E-state index contributed by atoms with van der Waals surface area (Å²) in [5.74, 6) is 0.275. The number of amidine groups is 1. The van der Waals surface area contributed by atoms with Gasteiger partial charge in [-0.25, -0.2) is 0 Å². The van der Waals surface area contributed by atoms with Crippen molar-refractivity contribution in [2.45, 2.75) is 40.2 Å². The molecule has 1 rings (SSSR count). The first-order valence-corrected chi connectivity index (χ1v) is 6.65. The lowest BCUT2D eigenvalue weighted by atomic mass is 9.88. The SMILES string of the molecule is Cc1cccc([C@H](C)NCCC(C)(C)/C(N)=N/O)c1. The van der Waals surface area contributed by atoms with Gasteiger partial charge in [0, 0.05) is 11.5 Å². The van der Waals surface area contributed by atoms with E-state index in [0.717, 1.165) is 13.0 Å². The molecule has 0 heterocycles. The molecule has 0 aliphatic heterocycles. The van der Waals surface area contributed by atoms with Crippen LogP contribution in [0.25, 0.3) is 0 Å². The van der Waals surface area contributed by atoms with E-state index < -0.39 is 0 Å². The van der Waals surface area contributed by atoms with Gasteiger partial charge in [0.1, 0.15) is 5.84 Å². The summed E-state index contributed by atoms with van der Waals surface area (Å²) in [4.78, 5) is 0. The van der Waals surface area contributed by atoms with E-state index in [4.69, 9.17) is 10.9 Å². The van der Waals surface area contributed by atoms with Gasteiger partial charge in [-0.2, -0.15) is 0 Å². The number of nitrogens with zero attached hydrogens (tertiary/aromatic N) is 1. The van der Waals surface area contributed by atoms with Crippen molar-refractivity contribution in [2.75, 3.05) is 6.54 Å². The minimum atomic E-state index is -0.298. The van der Waals surface area contributed by atoms with Gasteiger partial charge in [0.2, 0.25) is 0 Å². The van der Waals surface area contributed by atoms with Crippen LogP contribution in [0.2, 0.25) is 0 Å². The van der Waals surface area contributed by atoms with Crippen LogP contribution in [-0.4, -0.2) is 17.6 Å². The fourth-order valence-electron chi connectivity index (χ4n) is 1.92. The molecule has 4 nitrogen and oxygen atoms in total. The van der Waals surface area contributed by atoms with Gasteiger partial charge in [0.25, 0.3) is 0 Å². The van der Waals surface area contributed by atoms with Crippen LogP contribution in [0.3, 0.4) is 0 Å². The molecule has 0 unspecified atom stereocenters. The topological polar surface area (TPSA) is 70.6 Å². The molecule has 0 amide bonds. The Kier molecular flexibility index (Phi) is 5.36. The molecule has 0 bridgehead atoms. The van der Waals surface area contributed by atoms with E-state index in [1.54, 1.807) is 0 Å². The van der Waals surface area contributed by atoms with Gasteiger partial charge < -0.3 is 16.3 Å². The highest BCUT2D eigenvalue weighted by Crippen LogP contribution is 2.20. The fourth-order valence-corrected chi connectivity index (χ4v) is 1.92. The first-order chi connectivity index (χ1) is 8.86. The number of hydrogen-bond donors (Lipinski definition) is 3. The van der Waals surface area contributed by atoms with Gasteiger partial charge in [-0.1, -0.05) is 48.8 Å². The van der Waals surface area contributed by atoms with Crippen LogP contribution < -0.4 is 11.1 Å². The quantitative estimate of drug-likeness (QED) is 0.320. The molecule has 4 heteroatoms. The van der Waals surface area contributed by atoms with Crippen molar-refractivity contribution in [3.63, 3.8) is 0 Å². The van der Waals surface area contributed by atoms with Crippen LogP contribution >= 0.6 is 0 Å². The second kappa shape index (κ2) is 6.57. The van der Waals surface area contributed by atoms with E-state index in [1.165, 1.54) is 11.1 Å². The van der Waals surface area contributed by atoms with Crippen molar-refractivity contribution >= 4 is 5.84 Å². The number of benzene rings is 1. The van der Waals surface area contributed by atoms with Crippen molar-refractivity contribution < 1.29 is 5.21 Å². The zero-order valence-corrected chi connectivity index (χ0v) is 12.3. The summed E-state index contributed by atoms with van der Waals surface area (Å²) in [5.41, 5.74) is 7.92. The van der Waals surface area contributed by atoms with E-state index in [0.29, 0.717) is 6.04 Å². The molecule has 19 heavy (non-hydrogen) atoms. The van der Waals surface area contributed by atoms with Crippen LogP contribution in [0.4, 0.5) is 0 Å². The fraction of sp³-hybridized carbons (Fsp3) is 0.533. The average molecular weight is 263 g/mol. The number of nitrogens with two attached hydrogens (primary N) is 1. The van der Waals surface area contributed by atoms with Gasteiger partial charge in [-0.05, 0) is 32.4 Å². The molecule has 0 aliphatic rings. The smallest absolute Gasteiger partial charge is 0.144 e. The van der Waals surface area contributed by atoms with Crippen LogP contribution in [0.15, 0.2) is 29.4 Å². The summed E-state index contributed by atoms with van der Waals surface area (Å²) in [6.45, 7) is 9.00. The van der Waals surface area contributed by atoms with Crippen molar-refractivity contribution in [1.82, 2.24) is 5.32 Å². The second-order valence-corrected chi connectivity index (χ2v) is 5.71. The lowest BCUT2D eigenvalue weighted by Crippen LogP contribution is -2.35. The Bertz CT molecular complexity index is 441. The predicted octanol–water partition coefficient (Wildman–Crippen LogP) is 2.81. The molecule has 0 fully saturated rings. The summed E-state index contributed by atoms with van der Waals surface area (Å²) < 4.78 is 0. The van der Waals surface area contributed by atoms with Gasteiger partial charge in [-0.3, -0.25) is 0 Å². The van der Waals surface area contributed by atoms with Crippen LogP contribution in [-0.2, 0) is 0 Å². The lowest BCUT2D eigenvalue weighted by molar-refractivity contribution is 0.304. The molecule has 0 aromatic heterocycles. The van der Waals surface area contributed by atoms with Crippen LogP contribution in [0.5, 0.6) is 0 Å². The van der Waals surface area contributed by atoms with Crippen molar-refractivity contribution in [1.29, 1.82) is 0 Å². The Balaban J connectivity index is 2.50. The molecule has 0 radical (unpaired) electrons. The second-order valence-electron chi connectivity index (χ2n) is 5.71. The summed E-state index contributed by atoms with van der Waals surface area (Å²) in [6, 6.07) is 8.77. The molecule has 1 atom stereocenters. The zero-order valence-electron chi connectivity index (χ0n) is 12.3. The van der Waals surface area contributed by atoms with Crippen molar-refractivity contribution in [2.24, 2.45) is 16.3 Å². The van der Waals surface area contributed by atoms with Gasteiger partial charge in [0.05, 0.1) is 0 Å². The molecule has 106 valence electrons. The zero-order chi connectivity index (χ0) is 14.5. The predicted molar refractivity (Wildman–Crippen MR) is 79.4 cm³/mol. The third-order valence-corrected chi connectivity index (χ3v) is 3.54. The first kappa shape index (κ1) is 15.5. The highest BCUT2D eigenvalue weighted by Gasteiger charge is 2.23. The molecule has 0 saturated heterocycles. The maximum Gasteiger partial charge on any atom is 0.144 e. The Hall–Kier alpha value is -1.55. The molecule has 1 aromatic rings. The van der Waals surface area contributed by atoms with Gasteiger partial charge in [0.15, 0.2) is 0 Å². The molecule has 0 aliphatic carbocycles. The van der Waals surface area contributed by atoms with Crippen LogP contribution in [0.1, 0.15) is 44.4 Å². The molecular formula is C15H25N3O. The minimum absolute atomic E-state index is 0.275. The highest BCUT2D eigenvalue weighted by atomic mass is 16.4. The van der Waals surface area contributed by atoms with Crippen LogP contribution in [0, 0.1) is 12.3 Å². The maximum atomic E-state index is 8.73. The standard InChI is InChI=1S/C15H25N3O/c1-11-6-5-7-13(10-11)12(2)17-9-8-15(3,4)14(16)18-19/h5-7,10,12,17,19H,8-9H2,1-4H3,(H2,16,18)/t12-/m0/s1. The van der Waals surface area contributed by atoms with Gasteiger partial charge >= 0.3 is 0 Å². The molecular weight excluding hydrogens is 238 g/mol. The number of oxime groups is 1. The van der Waals surface area contributed by atoms with Gasteiger partial charge in [-0.15, -0.1) is 0 Å². The normalized spacial score (nSPS) is 14.4. The Labute approximate surface area is 115 Å². The highest BCUT2D eigenvalue weighted by molar-refractivity contribution is 5.85. The third-order valence-electron chi connectivity index (χ3n) is 3.54. The average Bonchev–Trinajstić information content (AvgIpc) is 2.37. The number of hydrogen-bond acceptors (Lipinski definition) is 3. The third kappa shape index (κ3) is 4.56. The summed E-state index contributed by atoms with van der Waals surface area (Å²) in [5, 5.41) is 15.3. The largest absolute Gasteiger partial charge is 0.409 e. The molecule has 1 aromatic carbocycles. The minimum Gasteiger partial charge on any atom is -0.409 e. The van der Waals surface area contributed by atoms with E-state index in [1.807, 2.05) is 13.8 Å². The number of aryl methyl sites for hydroxylation is 1. The van der Waals surface area contributed by atoms with Crippen molar-refractivity contribution in [3.05, 3.63) is 35.4 Å². The Morgan fingerprint density at radius 2 is 2.16 bits per heavy atom. The molecule has 0 saturated carbocycles. The molecule has 0 spiro atoms. The Morgan fingerprint density at radius 3 is 2.74 bits per heavy atom. The van der Waals surface area contributed by atoms with E-state index in [-0.39, 0.29) is 11.3 Å². The number of rotatable bonds is 6. The maximum absolute atomic E-state index is 8.73. The van der Waals surface area contributed by atoms with E-state index in [2.05, 4.69) is 48.6 Å².